The molecule has 0 bridgehead atoms. The second-order valence-corrected chi connectivity index (χ2v) is 9.72. The van der Waals surface area contributed by atoms with E-state index < -0.39 is 16.1 Å². The molecule has 2 rings (SSSR count). The van der Waals surface area contributed by atoms with E-state index in [1.54, 1.807) is 6.07 Å². The Balaban J connectivity index is 2.48. The van der Waals surface area contributed by atoms with Crippen LogP contribution in [0.4, 0.5) is 4.39 Å². The van der Waals surface area contributed by atoms with Crippen LogP contribution in [0.3, 0.4) is 0 Å². The third kappa shape index (κ3) is 4.84. The molecule has 2 aromatic rings. The van der Waals surface area contributed by atoms with E-state index in [1.807, 2.05) is 77.9 Å². The first kappa shape index (κ1) is 20.0. The summed E-state index contributed by atoms with van der Waals surface area (Å²) in [6.07, 6.45) is 0. The molecule has 0 aromatic heterocycles. The third-order valence-electron chi connectivity index (χ3n) is 4.26. The molecule has 0 saturated heterocycles. The van der Waals surface area contributed by atoms with Crippen LogP contribution < -0.4 is 4.72 Å². The van der Waals surface area contributed by atoms with Crippen molar-refractivity contribution in [3.63, 3.8) is 0 Å². The monoisotopic (exact) mass is 361 g/mol. The summed E-state index contributed by atoms with van der Waals surface area (Å²) < 4.78 is 30.1. The Morgan fingerprint density at radius 3 is 2.20 bits per heavy atom. The molecule has 2 aromatic carbocycles. The molecule has 0 spiro atoms. The average Bonchev–Trinajstić information content (AvgIpc) is 2.51. The molecule has 0 radical (unpaired) electrons. The normalized spacial score (nSPS) is 14.6. The van der Waals surface area contributed by atoms with Crippen molar-refractivity contribution in [3.8, 4) is 0 Å². The lowest BCUT2D eigenvalue weighted by atomic mass is 9.93. The van der Waals surface area contributed by atoms with Gasteiger partial charge in [0.15, 0.2) is 0 Å². The first-order chi connectivity index (χ1) is 11.6. The topological polar surface area (TPSA) is 35.1 Å². The van der Waals surface area contributed by atoms with E-state index in [0.29, 0.717) is 5.56 Å². The van der Waals surface area contributed by atoms with Crippen LogP contribution in [-0.4, -0.2) is 9.30 Å². The lowest BCUT2D eigenvalue weighted by Crippen LogP contribution is -2.41. The van der Waals surface area contributed by atoms with Crippen molar-refractivity contribution in [2.75, 3.05) is 0 Å². The van der Waals surface area contributed by atoms with Crippen molar-refractivity contribution < 1.29 is 8.94 Å². The van der Waals surface area contributed by atoms with Crippen molar-refractivity contribution in [2.45, 2.75) is 58.2 Å². The number of halogens is 1. The molecule has 1 N–H and O–H groups in total. The van der Waals surface area contributed by atoms with Crippen molar-refractivity contribution in [2.24, 2.45) is 0 Å². The van der Waals surface area contributed by atoms with Gasteiger partial charge < -0.3 is 4.55 Å². The summed E-state index contributed by atoms with van der Waals surface area (Å²) in [5.74, 6) is -0.0861. The summed E-state index contributed by atoms with van der Waals surface area (Å²) in [6.45, 7) is 11.7. The molecule has 0 aliphatic heterocycles. The third-order valence-corrected chi connectivity index (χ3v) is 5.82. The van der Waals surface area contributed by atoms with Crippen LogP contribution >= 0.6 is 0 Å². The minimum Gasteiger partial charge on any atom is -0.598 e. The van der Waals surface area contributed by atoms with Gasteiger partial charge in [0.1, 0.15) is 16.6 Å². The number of nitrogens with one attached hydrogen (secondary N) is 1. The van der Waals surface area contributed by atoms with Gasteiger partial charge in [-0.2, -0.15) is 0 Å². The van der Waals surface area contributed by atoms with Crippen LogP contribution in [0, 0.1) is 12.7 Å². The fourth-order valence-corrected chi connectivity index (χ4v) is 3.53. The quantitative estimate of drug-likeness (QED) is 0.724. The highest BCUT2D eigenvalue weighted by molar-refractivity contribution is 7.90. The highest BCUT2D eigenvalue weighted by atomic mass is 32.2. The predicted molar refractivity (Wildman–Crippen MR) is 105 cm³/mol. The van der Waals surface area contributed by atoms with Gasteiger partial charge in [-0.1, -0.05) is 50.2 Å². The molecular formula is C21H28FNOS. The standard InChI is InChI=1S/C21H28FNOS/c1-14(2)17-12-11-16(13-19(17)22)20(23-25(24)21(4,5)6)18-10-8-7-9-15(18)3/h7-14,20,23H,1-6H3. The van der Waals surface area contributed by atoms with Gasteiger partial charge in [-0.15, -0.1) is 4.72 Å². The molecule has 0 heterocycles. The Morgan fingerprint density at radius 1 is 1.04 bits per heavy atom. The van der Waals surface area contributed by atoms with E-state index >= 15 is 0 Å². The summed E-state index contributed by atoms with van der Waals surface area (Å²) >= 11 is -1.27. The van der Waals surface area contributed by atoms with Crippen molar-refractivity contribution >= 4 is 11.4 Å². The van der Waals surface area contributed by atoms with Gasteiger partial charge in [-0.3, -0.25) is 0 Å². The van der Waals surface area contributed by atoms with Crippen molar-refractivity contribution in [1.29, 1.82) is 0 Å². The van der Waals surface area contributed by atoms with Gasteiger partial charge in [-0.05, 0) is 61.9 Å². The van der Waals surface area contributed by atoms with E-state index in [0.717, 1.165) is 16.7 Å². The summed E-state index contributed by atoms with van der Waals surface area (Å²) in [5.41, 5.74) is 3.58. The molecule has 2 nitrogen and oxygen atoms in total. The Morgan fingerprint density at radius 2 is 1.68 bits per heavy atom. The zero-order chi connectivity index (χ0) is 18.8. The van der Waals surface area contributed by atoms with Crippen LogP contribution in [0.2, 0.25) is 0 Å². The fourth-order valence-electron chi connectivity index (χ4n) is 2.70. The molecular weight excluding hydrogens is 333 g/mol. The minimum absolute atomic E-state index is 0.127. The lowest BCUT2D eigenvalue weighted by molar-refractivity contribution is 0.534. The van der Waals surface area contributed by atoms with Gasteiger partial charge in [0.2, 0.25) is 0 Å². The lowest BCUT2D eigenvalue weighted by Gasteiger charge is -2.29. The van der Waals surface area contributed by atoms with Gasteiger partial charge in [0, 0.05) is 11.4 Å². The summed E-state index contributed by atoms with van der Waals surface area (Å²) in [5, 5.41) is 0. The van der Waals surface area contributed by atoms with E-state index in [2.05, 4.69) is 4.72 Å². The number of aryl methyl sites for hydroxylation is 1. The van der Waals surface area contributed by atoms with Gasteiger partial charge in [-0.25, -0.2) is 4.39 Å². The molecule has 0 saturated carbocycles. The first-order valence-corrected chi connectivity index (χ1v) is 9.79. The van der Waals surface area contributed by atoms with Crippen molar-refractivity contribution in [3.05, 3.63) is 70.5 Å². The smallest absolute Gasteiger partial charge is 0.136 e. The van der Waals surface area contributed by atoms with E-state index in [1.165, 1.54) is 0 Å². The highest BCUT2D eigenvalue weighted by Crippen LogP contribution is 2.30. The number of hydrogen-bond acceptors (Lipinski definition) is 2. The van der Waals surface area contributed by atoms with E-state index in [-0.39, 0.29) is 17.8 Å². The molecule has 25 heavy (non-hydrogen) atoms. The number of benzene rings is 2. The SMILES string of the molecule is Cc1ccccc1C(N[S+]([O-])C(C)(C)C)c1ccc(C(C)C)c(F)c1. The minimum atomic E-state index is -1.27. The van der Waals surface area contributed by atoms with Crippen molar-refractivity contribution in [1.82, 2.24) is 4.72 Å². The fraction of sp³-hybridized carbons (Fsp3) is 0.429. The molecule has 0 amide bonds. The second-order valence-electron chi connectivity index (χ2n) is 7.72. The Kier molecular flexibility index (Phi) is 6.30. The summed E-state index contributed by atoms with van der Waals surface area (Å²) in [4.78, 5) is 0. The van der Waals surface area contributed by atoms with E-state index in [9.17, 15) is 8.94 Å². The van der Waals surface area contributed by atoms with E-state index in [4.69, 9.17) is 0 Å². The van der Waals surface area contributed by atoms with Gasteiger partial charge in [0.05, 0.1) is 0 Å². The molecule has 2 unspecified atom stereocenters. The maximum atomic E-state index is 14.5. The van der Waals surface area contributed by atoms with Crippen LogP contribution in [-0.2, 0) is 11.4 Å². The number of rotatable bonds is 5. The predicted octanol–water partition coefficient (Wildman–Crippen LogP) is 5.40. The molecule has 0 aliphatic rings. The maximum Gasteiger partial charge on any atom is 0.136 e. The highest BCUT2D eigenvalue weighted by Gasteiger charge is 2.31. The van der Waals surface area contributed by atoms with Gasteiger partial charge >= 0.3 is 0 Å². The summed E-state index contributed by atoms with van der Waals surface area (Å²) in [7, 11) is 0. The Bertz CT molecular complexity index is 724. The Hall–Kier alpha value is -1.36. The summed E-state index contributed by atoms with van der Waals surface area (Å²) in [6, 6.07) is 13.0. The van der Waals surface area contributed by atoms with Crippen LogP contribution in [0.5, 0.6) is 0 Å². The first-order valence-electron chi connectivity index (χ1n) is 8.64. The second kappa shape index (κ2) is 7.90. The zero-order valence-corrected chi connectivity index (χ0v) is 16.7. The average molecular weight is 362 g/mol. The Labute approximate surface area is 154 Å². The molecule has 2 atom stereocenters. The molecule has 0 fully saturated rings. The van der Waals surface area contributed by atoms with Crippen LogP contribution in [0.25, 0.3) is 0 Å². The molecule has 136 valence electrons. The molecule has 0 aliphatic carbocycles. The van der Waals surface area contributed by atoms with Crippen LogP contribution in [0.1, 0.15) is 68.8 Å². The van der Waals surface area contributed by atoms with Crippen LogP contribution in [0.15, 0.2) is 42.5 Å². The van der Waals surface area contributed by atoms with Gasteiger partial charge in [0.25, 0.3) is 0 Å². The molecule has 4 heteroatoms. The maximum absolute atomic E-state index is 14.5. The number of hydrogen-bond donors (Lipinski definition) is 1. The zero-order valence-electron chi connectivity index (χ0n) is 15.9. The largest absolute Gasteiger partial charge is 0.598 e.